The summed E-state index contributed by atoms with van der Waals surface area (Å²) in [6.07, 6.45) is 10.5. The first-order valence-corrected chi connectivity index (χ1v) is 7.33. The molecule has 17 heavy (non-hydrogen) atoms. The van der Waals surface area contributed by atoms with Gasteiger partial charge < -0.3 is 10.6 Å². The van der Waals surface area contributed by atoms with Crippen LogP contribution in [0.5, 0.6) is 0 Å². The summed E-state index contributed by atoms with van der Waals surface area (Å²) in [5.41, 5.74) is 6.06. The standard InChI is InChI=1S/C14H24N2O/c15-11-8-12-6-7-13(9-11)16(12)14(17)10-4-2-1-3-5-10/h10-13H,1-9,15H2. The molecule has 1 aliphatic carbocycles. The number of carbonyl (C=O) groups excluding carboxylic acids is 1. The Morgan fingerprint density at radius 2 is 1.53 bits per heavy atom. The van der Waals surface area contributed by atoms with Crippen molar-refractivity contribution in [3.8, 4) is 0 Å². The summed E-state index contributed by atoms with van der Waals surface area (Å²) >= 11 is 0. The topological polar surface area (TPSA) is 46.3 Å². The summed E-state index contributed by atoms with van der Waals surface area (Å²) < 4.78 is 0. The average molecular weight is 236 g/mol. The lowest BCUT2D eigenvalue weighted by atomic mass is 9.86. The Hall–Kier alpha value is -0.570. The van der Waals surface area contributed by atoms with E-state index in [0.717, 1.165) is 25.7 Å². The summed E-state index contributed by atoms with van der Waals surface area (Å²) in [6, 6.07) is 1.28. The molecule has 2 N–H and O–H groups in total. The molecule has 2 atom stereocenters. The number of piperidine rings is 1. The Morgan fingerprint density at radius 3 is 2.12 bits per heavy atom. The van der Waals surface area contributed by atoms with Crippen LogP contribution in [-0.4, -0.2) is 28.9 Å². The van der Waals surface area contributed by atoms with E-state index in [0.29, 0.717) is 30.0 Å². The lowest BCUT2D eigenvalue weighted by Crippen LogP contribution is -2.52. The lowest BCUT2D eigenvalue weighted by Gasteiger charge is -2.40. The van der Waals surface area contributed by atoms with Gasteiger partial charge in [-0.2, -0.15) is 0 Å². The van der Waals surface area contributed by atoms with Crippen LogP contribution < -0.4 is 5.73 Å². The summed E-state index contributed by atoms with van der Waals surface area (Å²) in [7, 11) is 0. The van der Waals surface area contributed by atoms with Crippen LogP contribution in [0, 0.1) is 5.92 Å². The Morgan fingerprint density at radius 1 is 0.941 bits per heavy atom. The second-order valence-corrected chi connectivity index (χ2v) is 6.20. The molecule has 3 heteroatoms. The predicted molar refractivity (Wildman–Crippen MR) is 67.4 cm³/mol. The smallest absolute Gasteiger partial charge is 0.226 e. The SMILES string of the molecule is NC1CC2CCC(C1)N2C(=O)C1CCCCC1. The first-order valence-electron chi connectivity index (χ1n) is 7.33. The minimum Gasteiger partial charge on any atom is -0.336 e. The zero-order chi connectivity index (χ0) is 11.8. The van der Waals surface area contributed by atoms with Gasteiger partial charge in [-0.15, -0.1) is 0 Å². The van der Waals surface area contributed by atoms with Crippen molar-refractivity contribution in [3.63, 3.8) is 0 Å². The monoisotopic (exact) mass is 236 g/mol. The van der Waals surface area contributed by atoms with Gasteiger partial charge in [0.25, 0.3) is 0 Å². The molecule has 2 heterocycles. The number of amides is 1. The summed E-state index contributed by atoms with van der Waals surface area (Å²) in [5, 5.41) is 0. The Balaban J connectivity index is 1.69. The zero-order valence-electron chi connectivity index (χ0n) is 10.6. The van der Waals surface area contributed by atoms with Crippen molar-refractivity contribution in [1.82, 2.24) is 4.90 Å². The number of carbonyl (C=O) groups is 1. The minimum absolute atomic E-state index is 0.334. The molecule has 2 unspecified atom stereocenters. The molecule has 0 radical (unpaired) electrons. The summed E-state index contributed by atoms with van der Waals surface area (Å²) in [4.78, 5) is 14.8. The molecule has 2 bridgehead atoms. The first-order chi connectivity index (χ1) is 8.25. The first kappa shape index (κ1) is 11.5. The van der Waals surface area contributed by atoms with Crippen LogP contribution in [0.3, 0.4) is 0 Å². The van der Waals surface area contributed by atoms with Gasteiger partial charge in [0.15, 0.2) is 0 Å². The normalized spacial score (nSPS) is 38.4. The fourth-order valence-electron chi connectivity index (χ4n) is 4.14. The summed E-state index contributed by atoms with van der Waals surface area (Å²) in [5.74, 6) is 0.797. The number of fused-ring (bicyclic) bond motifs is 2. The number of nitrogens with zero attached hydrogens (tertiary/aromatic N) is 1. The number of nitrogens with two attached hydrogens (primary N) is 1. The van der Waals surface area contributed by atoms with Crippen molar-refractivity contribution in [3.05, 3.63) is 0 Å². The largest absolute Gasteiger partial charge is 0.336 e. The molecule has 1 saturated carbocycles. The van der Waals surface area contributed by atoms with Crippen LogP contribution in [0.1, 0.15) is 57.8 Å². The second kappa shape index (κ2) is 4.60. The quantitative estimate of drug-likeness (QED) is 0.757. The van der Waals surface area contributed by atoms with E-state index in [1.165, 1.54) is 32.1 Å². The highest BCUT2D eigenvalue weighted by atomic mass is 16.2. The van der Waals surface area contributed by atoms with Crippen LogP contribution in [0.15, 0.2) is 0 Å². The van der Waals surface area contributed by atoms with Crippen LogP contribution in [0.2, 0.25) is 0 Å². The molecular formula is C14H24N2O. The Labute approximate surface area is 104 Å². The maximum Gasteiger partial charge on any atom is 0.226 e. The van der Waals surface area contributed by atoms with Gasteiger partial charge in [-0.05, 0) is 38.5 Å². The number of hydrogen-bond donors (Lipinski definition) is 1. The molecular weight excluding hydrogens is 212 g/mol. The number of hydrogen-bond acceptors (Lipinski definition) is 2. The highest BCUT2D eigenvalue weighted by Crippen LogP contribution is 2.38. The molecule has 3 rings (SSSR count). The molecule has 2 aliphatic heterocycles. The van der Waals surface area contributed by atoms with Crippen molar-refractivity contribution >= 4 is 5.91 Å². The molecule has 0 aromatic rings. The molecule has 3 nitrogen and oxygen atoms in total. The summed E-state index contributed by atoms with van der Waals surface area (Å²) in [6.45, 7) is 0. The van der Waals surface area contributed by atoms with E-state index in [-0.39, 0.29) is 0 Å². The number of rotatable bonds is 1. The molecule has 3 aliphatic rings. The van der Waals surface area contributed by atoms with Gasteiger partial charge in [0.2, 0.25) is 5.91 Å². The van der Waals surface area contributed by atoms with Crippen LogP contribution in [-0.2, 0) is 4.79 Å². The molecule has 1 amide bonds. The van der Waals surface area contributed by atoms with Gasteiger partial charge in [-0.3, -0.25) is 4.79 Å². The van der Waals surface area contributed by atoms with E-state index >= 15 is 0 Å². The molecule has 0 spiro atoms. The maximum absolute atomic E-state index is 12.6. The van der Waals surface area contributed by atoms with Gasteiger partial charge in [-0.1, -0.05) is 19.3 Å². The van der Waals surface area contributed by atoms with E-state index in [4.69, 9.17) is 5.73 Å². The van der Waals surface area contributed by atoms with E-state index in [2.05, 4.69) is 4.90 Å². The fourth-order valence-corrected chi connectivity index (χ4v) is 4.14. The van der Waals surface area contributed by atoms with Gasteiger partial charge in [-0.25, -0.2) is 0 Å². The highest BCUT2D eigenvalue weighted by molar-refractivity contribution is 5.80. The molecule has 3 fully saturated rings. The van der Waals surface area contributed by atoms with Crippen molar-refractivity contribution in [2.24, 2.45) is 11.7 Å². The van der Waals surface area contributed by atoms with E-state index < -0.39 is 0 Å². The van der Waals surface area contributed by atoms with Gasteiger partial charge in [0.1, 0.15) is 0 Å². The third-order valence-corrected chi connectivity index (χ3v) is 4.98. The predicted octanol–water partition coefficient (Wildman–Crippen LogP) is 2.05. The molecule has 2 saturated heterocycles. The van der Waals surface area contributed by atoms with Crippen LogP contribution in [0.4, 0.5) is 0 Å². The van der Waals surface area contributed by atoms with Crippen LogP contribution in [0.25, 0.3) is 0 Å². The fraction of sp³-hybridized carbons (Fsp3) is 0.929. The third kappa shape index (κ3) is 2.10. The van der Waals surface area contributed by atoms with Crippen molar-refractivity contribution < 1.29 is 4.79 Å². The van der Waals surface area contributed by atoms with E-state index in [9.17, 15) is 4.79 Å². The van der Waals surface area contributed by atoms with Crippen molar-refractivity contribution in [1.29, 1.82) is 0 Å². The second-order valence-electron chi connectivity index (χ2n) is 6.20. The van der Waals surface area contributed by atoms with E-state index in [1.807, 2.05) is 0 Å². The molecule has 0 aromatic carbocycles. The Bertz CT molecular complexity index is 285. The van der Waals surface area contributed by atoms with Crippen molar-refractivity contribution in [2.45, 2.75) is 75.9 Å². The zero-order valence-corrected chi connectivity index (χ0v) is 10.6. The maximum atomic E-state index is 12.6. The van der Waals surface area contributed by atoms with Crippen molar-refractivity contribution in [2.75, 3.05) is 0 Å². The average Bonchev–Trinajstić information content (AvgIpc) is 2.62. The molecule has 96 valence electrons. The third-order valence-electron chi connectivity index (χ3n) is 4.98. The van der Waals surface area contributed by atoms with Gasteiger partial charge in [0, 0.05) is 24.0 Å². The highest BCUT2D eigenvalue weighted by Gasteiger charge is 2.43. The van der Waals surface area contributed by atoms with Gasteiger partial charge >= 0.3 is 0 Å². The Kier molecular flexibility index (Phi) is 3.12. The minimum atomic E-state index is 0.334. The molecule has 0 aromatic heterocycles. The van der Waals surface area contributed by atoms with Crippen LogP contribution >= 0.6 is 0 Å². The van der Waals surface area contributed by atoms with Gasteiger partial charge in [0.05, 0.1) is 0 Å². The lowest BCUT2D eigenvalue weighted by molar-refractivity contribution is -0.141. The van der Waals surface area contributed by atoms with E-state index in [1.54, 1.807) is 0 Å².